The number of aromatic nitrogens is 2. The Labute approximate surface area is 184 Å². The average Bonchev–Trinajstić information content (AvgIpc) is 3.49. The second kappa shape index (κ2) is 9.54. The van der Waals surface area contributed by atoms with Gasteiger partial charge in [0.15, 0.2) is 0 Å². The van der Waals surface area contributed by atoms with Gasteiger partial charge in [-0.15, -0.1) is 10.2 Å². The van der Waals surface area contributed by atoms with Crippen molar-refractivity contribution in [2.45, 2.75) is 12.8 Å². The first-order valence-electron chi connectivity index (χ1n) is 9.87. The number of carbonyl (C=O) groups excluding carboxylic acids is 1. The summed E-state index contributed by atoms with van der Waals surface area (Å²) in [4.78, 5) is 14.2. The van der Waals surface area contributed by atoms with Gasteiger partial charge in [0.05, 0.1) is 0 Å². The number of thiophene rings is 1. The molecule has 162 valence electrons. The summed E-state index contributed by atoms with van der Waals surface area (Å²) in [5, 5.41) is 13.1. The maximum atomic E-state index is 12.6. The van der Waals surface area contributed by atoms with E-state index in [0.29, 0.717) is 31.3 Å². The highest BCUT2D eigenvalue weighted by molar-refractivity contribution is 7.92. The average molecular weight is 459 g/mol. The van der Waals surface area contributed by atoms with Gasteiger partial charge in [-0.05, 0) is 23.1 Å². The van der Waals surface area contributed by atoms with Crippen molar-refractivity contribution in [3.8, 4) is 11.5 Å². The lowest BCUT2D eigenvalue weighted by molar-refractivity contribution is -0.132. The second-order valence-corrected chi connectivity index (χ2v) is 9.65. The van der Waals surface area contributed by atoms with Crippen LogP contribution in [0.5, 0.6) is 0 Å². The molecular formula is C21H22N4O4S2. The Morgan fingerprint density at radius 2 is 1.87 bits per heavy atom. The minimum absolute atomic E-state index is 0.0489. The van der Waals surface area contributed by atoms with E-state index >= 15 is 0 Å². The van der Waals surface area contributed by atoms with Crippen LogP contribution >= 0.6 is 11.3 Å². The third kappa shape index (κ3) is 5.46. The number of aryl methyl sites for hydroxylation is 1. The van der Waals surface area contributed by atoms with Gasteiger partial charge in [0, 0.05) is 55.4 Å². The lowest BCUT2D eigenvalue weighted by Crippen LogP contribution is -2.50. The first-order valence-corrected chi connectivity index (χ1v) is 12.3. The van der Waals surface area contributed by atoms with Gasteiger partial charge in [-0.1, -0.05) is 30.3 Å². The standard InChI is InChI=1S/C21H22N4O4S2/c26-20(7-6-19-22-23-21(29-19)18-8-14-30-16-18)24-10-12-25(13-11-24)31(27,28)15-9-17-4-2-1-3-5-17/h1-5,8-9,14-16H,6-7,10-13H2/b15-9+. The molecule has 0 saturated carbocycles. The van der Waals surface area contributed by atoms with E-state index in [0.717, 1.165) is 11.1 Å². The molecule has 0 N–H and O–H groups in total. The molecule has 31 heavy (non-hydrogen) atoms. The third-order valence-corrected chi connectivity index (χ3v) is 7.22. The van der Waals surface area contributed by atoms with Crippen LogP contribution in [0, 0.1) is 0 Å². The van der Waals surface area contributed by atoms with Crippen molar-refractivity contribution in [3.05, 3.63) is 64.0 Å². The summed E-state index contributed by atoms with van der Waals surface area (Å²) in [7, 11) is -3.52. The molecule has 2 aromatic heterocycles. The van der Waals surface area contributed by atoms with Gasteiger partial charge in [-0.2, -0.15) is 15.6 Å². The Bertz CT molecular complexity index is 1130. The van der Waals surface area contributed by atoms with E-state index in [1.165, 1.54) is 9.71 Å². The molecule has 1 amide bonds. The van der Waals surface area contributed by atoms with Crippen LogP contribution in [0.1, 0.15) is 17.9 Å². The van der Waals surface area contributed by atoms with Gasteiger partial charge in [0.2, 0.25) is 27.7 Å². The summed E-state index contributed by atoms with van der Waals surface area (Å²) in [5.41, 5.74) is 1.69. The summed E-state index contributed by atoms with van der Waals surface area (Å²) in [6.45, 7) is 1.27. The van der Waals surface area contributed by atoms with E-state index in [2.05, 4.69) is 10.2 Å². The zero-order valence-corrected chi connectivity index (χ0v) is 18.4. The van der Waals surface area contributed by atoms with Crippen molar-refractivity contribution in [1.29, 1.82) is 0 Å². The summed E-state index contributed by atoms with van der Waals surface area (Å²) in [5.74, 6) is 0.819. The lowest BCUT2D eigenvalue weighted by atomic mass is 10.2. The zero-order valence-electron chi connectivity index (χ0n) is 16.8. The normalized spacial score (nSPS) is 15.5. The summed E-state index contributed by atoms with van der Waals surface area (Å²) >= 11 is 1.54. The maximum absolute atomic E-state index is 12.6. The molecule has 1 fully saturated rings. The smallest absolute Gasteiger partial charge is 0.248 e. The quantitative estimate of drug-likeness (QED) is 0.540. The van der Waals surface area contributed by atoms with Gasteiger partial charge in [-0.3, -0.25) is 4.79 Å². The first kappa shape index (κ1) is 21.4. The van der Waals surface area contributed by atoms with Crippen molar-refractivity contribution >= 4 is 33.3 Å². The molecule has 4 rings (SSSR count). The molecule has 0 atom stereocenters. The van der Waals surface area contributed by atoms with Crippen LogP contribution in [0.3, 0.4) is 0 Å². The van der Waals surface area contributed by atoms with E-state index in [-0.39, 0.29) is 25.4 Å². The SMILES string of the molecule is O=C(CCc1nnc(-c2ccsc2)o1)N1CCN(S(=O)(=O)/C=C/c2ccccc2)CC1. The molecule has 0 aliphatic carbocycles. The maximum Gasteiger partial charge on any atom is 0.248 e. The van der Waals surface area contributed by atoms with Crippen LogP contribution in [0.4, 0.5) is 0 Å². The highest BCUT2D eigenvalue weighted by Crippen LogP contribution is 2.21. The van der Waals surface area contributed by atoms with Gasteiger partial charge in [0.25, 0.3) is 0 Å². The molecule has 8 nitrogen and oxygen atoms in total. The largest absolute Gasteiger partial charge is 0.421 e. The molecular weight excluding hydrogens is 436 g/mol. The molecule has 1 saturated heterocycles. The predicted molar refractivity (Wildman–Crippen MR) is 118 cm³/mol. The number of amides is 1. The Kier molecular flexibility index (Phi) is 6.59. The second-order valence-electron chi connectivity index (χ2n) is 7.05. The Morgan fingerprint density at radius 1 is 1.10 bits per heavy atom. The van der Waals surface area contributed by atoms with E-state index < -0.39 is 10.0 Å². The zero-order chi connectivity index (χ0) is 21.7. The minimum Gasteiger partial charge on any atom is -0.421 e. The highest BCUT2D eigenvalue weighted by atomic mass is 32.2. The summed E-state index contributed by atoms with van der Waals surface area (Å²) in [6, 6.07) is 11.2. The number of piperazine rings is 1. The molecule has 1 aromatic carbocycles. The van der Waals surface area contributed by atoms with Crippen molar-refractivity contribution in [2.75, 3.05) is 26.2 Å². The Morgan fingerprint density at radius 3 is 2.58 bits per heavy atom. The van der Waals surface area contributed by atoms with Crippen LogP contribution in [0.15, 0.2) is 57.0 Å². The van der Waals surface area contributed by atoms with Crippen molar-refractivity contribution in [2.24, 2.45) is 0 Å². The highest BCUT2D eigenvalue weighted by Gasteiger charge is 2.27. The third-order valence-electron chi connectivity index (χ3n) is 4.97. The van der Waals surface area contributed by atoms with Crippen molar-refractivity contribution in [3.63, 3.8) is 0 Å². The Hall–Kier alpha value is -2.82. The molecule has 1 aliphatic heterocycles. The number of carbonyl (C=O) groups is 1. The van der Waals surface area contributed by atoms with E-state index in [1.54, 1.807) is 22.3 Å². The first-order chi connectivity index (χ1) is 15.0. The summed E-state index contributed by atoms with van der Waals surface area (Å²) in [6.07, 6.45) is 2.18. The number of hydrogen-bond acceptors (Lipinski definition) is 7. The van der Waals surface area contributed by atoms with Gasteiger partial charge in [0.1, 0.15) is 0 Å². The topological polar surface area (TPSA) is 96.6 Å². The Balaban J connectivity index is 1.26. The van der Waals surface area contributed by atoms with Crippen LogP contribution in [-0.2, 0) is 21.2 Å². The van der Waals surface area contributed by atoms with Crippen LogP contribution in [0.25, 0.3) is 17.5 Å². The molecule has 0 bridgehead atoms. The minimum atomic E-state index is -3.52. The molecule has 0 spiro atoms. The number of rotatable bonds is 7. The number of sulfonamides is 1. The molecule has 0 radical (unpaired) electrons. The fraction of sp³-hybridized carbons (Fsp3) is 0.286. The molecule has 10 heteroatoms. The molecule has 3 aromatic rings. The number of benzene rings is 1. The summed E-state index contributed by atoms with van der Waals surface area (Å²) < 4.78 is 32.1. The van der Waals surface area contributed by atoms with Gasteiger partial charge < -0.3 is 9.32 Å². The van der Waals surface area contributed by atoms with Gasteiger partial charge >= 0.3 is 0 Å². The molecule has 1 aliphatic rings. The monoisotopic (exact) mass is 458 g/mol. The fourth-order valence-corrected chi connectivity index (χ4v) is 5.04. The number of hydrogen-bond donors (Lipinski definition) is 0. The van der Waals surface area contributed by atoms with Crippen LogP contribution in [0.2, 0.25) is 0 Å². The van der Waals surface area contributed by atoms with Crippen LogP contribution in [-0.4, -0.2) is 59.9 Å². The van der Waals surface area contributed by atoms with Crippen molar-refractivity contribution < 1.29 is 17.6 Å². The fourth-order valence-electron chi connectivity index (χ4n) is 3.24. The molecule has 0 unspecified atom stereocenters. The van der Waals surface area contributed by atoms with E-state index in [4.69, 9.17) is 4.42 Å². The number of nitrogens with zero attached hydrogens (tertiary/aromatic N) is 4. The van der Waals surface area contributed by atoms with Gasteiger partial charge in [-0.25, -0.2) is 8.42 Å². The van der Waals surface area contributed by atoms with Crippen LogP contribution < -0.4 is 0 Å². The van der Waals surface area contributed by atoms with E-state index in [9.17, 15) is 13.2 Å². The van der Waals surface area contributed by atoms with Crippen molar-refractivity contribution in [1.82, 2.24) is 19.4 Å². The molecule has 3 heterocycles. The lowest BCUT2D eigenvalue weighted by Gasteiger charge is -2.33. The predicted octanol–water partition coefficient (Wildman–Crippen LogP) is 2.88. The van der Waals surface area contributed by atoms with E-state index in [1.807, 2.05) is 47.2 Å².